The molecule has 2 saturated heterocycles. The van der Waals surface area contributed by atoms with E-state index >= 15 is 0 Å². The van der Waals surface area contributed by atoms with Crippen molar-refractivity contribution >= 4 is 17.5 Å². The van der Waals surface area contributed by atoms with E-state index in [9.17, 15) is 14.4 Å². The number of hydrogen-bond acceptors (Lipinski definition) is 8. The fourth-order valence-electron chi connectivity index (χ4n) is 3.84. The van der Waals surface area contributed by atoms with Crippen LogP contribution in [0.1, 0.15) is 72.1 Å². The molecule has 6 atom stereocenters. The number of ketones is 2. The van der Waals surface area contributed by atoms with Crippen LogP contribution in [0.3, 0.4) is 0 Å². The summed E-state index contributed by atoms with van der Waals surface area (Å²) in [5, 5.41) is 0. The lowest BCUT2D eigenvalue weighted by molar-refractivity contribution is -0.204. The Morgan fingerprint density at radius 1 is 0.903 bits per heavy atom. The highest BCUT2D eigenvalue weighted by atomic mass is 16.7. The molecule has 2 aliphatic heterocycles. The average molecular weight is 443 g/mol. The molecule has 0 aromatic heterocycles. The molecular weight excluding hydrogens is 404 g/mol. The molecule has 2 heterocycles. The molecule has 0 aliphatic carbocycles. The first-order valence-electron chi connectivity index (χ1n) is 11.5. The Morgan fingerprint density at radius 2 is 1.48 bits per heavy atom. The average Bonchev–Trinajstić information content (AvgIpc) is 2.79. The Balaban J connectivity index is 1.96. The second kappa shape index (κ2) is 13.3. The van der Waals surface area contributed by atoms with Crippen LogP contribution in [0.15, 0.2) is 0 Å². The van der Waals surface area contributed by atoms with Crippen LogP contribution < -0.4 is 0 Å². The van der Waals surface area contributed by atoms with Crippen LogP contribution in [-0.4, -0.2) is 62.6 Å². The van der Waals surface area contributed by atoms with Crippen LogP contribution in [0.5, 0.6) is 0 Å². The molecular formula is C23H38O8. The van der Waals surface area contributed by atoms with E-state index in [1.165, 1.54) is 7.11 Å². The van der Waals surface area contributed by atoms with Crippen LogP contribution in [-0.2, 0) is 38.1 Å². The Kier molecular flexibility index (Phi) is 11.1. The number of Topliss-reactive ketones (excluding diaryl/α,β-unsaturated/α-hetero) is 2. The molecule has 8 heteroatoms. The minimum absolute atomic E-state index is 0.0324. The Morgan fingerprint density at radius 3 is 1.97 bits per heavy atom. The second-order valence-electron chi connectivity index (χ2n) is 8.59. The zero-order valence-corrected chi connectivity index (χ0v) is 19.3. The molecule has 3 unspecified atom stereocenters. The number of carbonyl (C=O) groups is 3. The van der Waals surface area contributed by atoms with Crippen molar-refractivity contribution in [2.75, 3.05) is 20.3 Å². The normalized spacial score (nSPS) is 25.8. The maximum absolute atomic E-state index is 13.0. The van der Waals surface area contributed by atoms with Crippen molar-refractivity contribution in [2.24, 2.45) is 11.8 Å². The molecule has 0 spiro atoms. The van der Waals surface area contributed by atoms with E-state index in [0.29, 0.717) is 32.5 Å². The molecule has 0 N–H and O–H groups in total. The van der Waals surface area contributed by atoms with Gasteiger partial charge in [0.05, 0.1) is 13.2 Å². The van der Waals surface area contributed by atoms with Crippen LogP contribution >= 0.6 is 0 Å². The molecule has 0 amide bonds. The third-order valence-corrected chi connectivity index (χ3v) is 6.13. The van der Waals surface area contributed by atoms with Gasteiger partial charge < -0.3 is 23.7 Å². The number of rotatable bonds is 12. The summed E-state index contributed by atoms with van der Waals surface area (Å²) in [5.41, 5.74) is 0. The predicted molar refractivity (Wildman–Crippen MR) is 112 cm³/mol. The van der Waals surface area contributed by atoms with Crippen molar-refractivity contribution in [2.45, 2.75) is 96.9 Å². The van der Waals surface area contributed by atoms with E-state index in [2.05, 4.69) is 0 Å². The molecule has 8 nitrogen and oxygen atoms in total. The van der Waals surface area contributed by atoms with Crippen LogP contribution in [0.2, 0.25) is 0 Å². The molecule has 0 aromatic rings. The minimum atomic E-state index is -1.31. The van der Waals surface area contributed by atoms with Crippen molar-refractivity contribution in [3.8, 4) is 0 Å². The van der Waals surface area contributed by atoms with Gasteiger partial charge in [-0.25, -0.2) is 4.79 Å². The Bertz CT molecular complexity index is 580. The Labute approximate surface area is 185 Å². The SMILES string of the molecule is COC(=O)C(OC1CCCCO1)C(=O)[C@H](C)CC[C@H](OC1CCCCO1)[C@@H](C)C(C)=O. The zero-order valence-electron chi connectivity index (χ0n) is 19.3. The summed E-state index contributed by atoms with van der Waals surface area (Å²) in [7, 11) is 1.24. The summed E-state index contributed by atoms with van der Waals surface area (Å²) < 4.78 is 27.8. The number of methoxy groups -OCH3 is 1. The maximum atomic E-state index is 13.0. The lowest BCUT2D eigenvalue weighted by Gasteiger charge is -2.31. The summed E-state index contributed by atoms with van der Waals surface area (Å²) in [5.74, 6) is -1.80. The highest BCUT2D eigenvalue weighted by Gasteiger charge is 2.36. The molecule has 2 fully saturated rings. The summed E-state index contributed by atoms with van der Waals surface area (Å²) >= 11 is 0. The first kappa shape index (κ1) is 25.9. The topological polar surface area (TPSA) is 97.4 Å². The van der Waals surface area contributed by atoms with Crippen LogP contribution in [0.4, 0.5) is 0 Å². The van der Waals surface area contributed by atoms with Crippen molar-refractivity contribution in [3.05, 3.63) is 0 Å². The number of carbonyl (C=O) groups excluding carboxylic acids is 3. The molecule has 0 aromatic carbocycles. The van der Waals surface area contributed by atoms with Gasteiger partial charge in [-0.05, 0) is 58.3 Å². The predicted octanol–water partition coefficient (Wildman–Crippen LogP) is 3.19. The van der Waals surface area contributed by atoms with Gasteiger partial charge in [-0.2, -0.15) is 0 Å². The summed E-state index contributed by atoms with van der Waals surface area (Å²) in [4.78, 5) is 37.2. The van der Waals surface area contributed by atoms with Gasteiger partial charge in [0.15, 0.2) is 18.4 Å². The van der Waals surface area contributed by atoms with E-state index in [0.717, 1.165) is 32.1 Å². The van der Waals surface area contributed by atoms with E-state index in [1.807, 2.05) is 6.92 Å². The van der Waals surface area contributed by atoms with Gasteiger partial charge in [-0.15, -0.1) is 0 Å². The maximum Gasteiger partial charge on any atom is 0.342 e. The summed E-state index contributed by atoms with van der Waals surface area (Å²) in [6, 6.07) is 0. The fourth-order valence-corrected chi connectivity index (χ4v) is 3.84. The lowest BCUT2D eigenvalue weighted by Crippen LogP contribution is -2.42. The molecule has 2 aliphatic rings. The smallest absolute Gasteiger partial charge is 0.342 e. The third kappa shape index (κ3) is 8.25. The van der Waals surface area contributed by atoms with Gasteiger partial charge in [0.1, 0.15) is 5.78 Å². The van der Waals surface area contributed by atoms with E-state index in [-0.39, 0.29) is 29.9 Å². The minimum Gasteiger partial charge on any atom is -0.467 e. The number of ether oxygens (including phenoxy) is 5. The lowest BCUT2D eigenvalue weighted by atomic mass is 9.90. The van der Waals surface area contributed by atoms with Gasteiger partial charge in [-0.3, -0.25) is 9.59 Å². The molecule has 0 radical (unpaired) electrons. The van der Waals surface area contributed by atoms with Gasteiger partial charge in [0, 0.05) is 25.0 Å². The molecule has 2 rings (SSSR count). The summed E-state index contributed by atoms with van der Waals surface area (Å²) in [6.07, 6.45) is 3.74. The van der Waals surface area contributed by atoms with Crippen molar-refractivity contribution in [3.63, 3.8) is 0 Å². The number of hydrogen-bond donors (Lipinski definition) is 0. The second-order valence-corrected chi connectivity index (χ2v) is 8.59. The fraction of sp³-hybridized carbons (Fsp3) is 0.870. The Hall–Kier alpha value is -1.35. The van der Waals surface area contributed by atoms with Gasteiger partial charge in [-0.1, -0.05) is 13.8 Å². The van der Waals surface area contributed by atoms with Crippen LogP contribution in [0.25, 0.3) is 0 Å². The molecule has 31 heavy (non-hydrogen) atoms. The first-order chi connectivity index (χ1) is 14.8. The standard InChI is InChI=1S/C23H38O8/c1-15(21(25)22(23(26)27-4)31-20-10-6-8-14-29-20)11-12-18(16(2)17(3)24)30-19-9-5-7-13-28-19/h15-16,18-20,22H,5-14H2,1-4H3/t15-,16+,18+,19?,20?,22?/m1/s1. The van der Waals surface area contributed by atoms with Gasteiger partial charge in [0.25, 0.3) is 0 Å². The van der Waals surface area contributed by atoms with Crippen LogP contribution in [0, 0.1) is 11.8 Å². The monoisotopic (exact) mass is 442 g/mol. The van der Waals surface area contributed by atoms with Gasteiger partial charge in [0.2, 0.25) is 6.10 Å². The molecule has 0 bridgehead atoms. The zero-order chi connectivity index (χ0) is 22.8. The first-order valence-corrected chi connectivity index (χ1v) is 11.5. The molecule has 178 valence electrons. The van der Waals surface area contributed by atoms with E-state index in [4.69, 9.17) is 23.7 Å². The largest absolute Gasteiger partial charge is 0.467 e. The van der Waals surface area contributed by atoms with E-state index in [1.54, 1.807) is 13.8 Å². The summed E-state index contributed by atoms with van der Waals surface area (Å²) in [6.45, 7) is 6.34. The highest BCUT2D eigenvalue weighted by Crippen LogP contribution is 2.25. The molecule has 0 saturated carbocycles. The van der Waals surface area contributed by atoms with Crippen molar-refractivity contribution < 1.29 is 38.1 Å². The third-order valence-electron chi connectivity index (χ3n) is 6.13. The van der Waals surface area contributed by atoms with Crippen molar-refractivity contribution in [1.82, 2.24) is 0 Å². The quantitative estimate of drug-likeness (QED) is 0.336. The van der Waals surface area contributed by atoms with E-state index < -0.39 is 24.3 Å². The van der Waals surface area contributed by atoms with Gasteiger partial charge >= 0.3 is 5.97 Å². The number of esters is 1. The highest BCUT2D eigenvalue weighted by molar-refractivity contribution is 6.03. The van der Waals surface area contributed by atoms with Crippen molar-refractivity contribution in [1.29, 1.82) is 0 Å².